The summed E-state index contributed by atoms with van der Waals surface area (Å²) >= 11 is 0. The molecule has 0 atom stereocenters. The minimum atomic E-state index is 0.187. The van der Waals surface area contributed by atoms with Crippen molar-refractivity contribution < 1.29 is 0 Å². The van der Waals surface area contributed by atoms with E-state index in [9.17, 15) is 0 Å². The third-order valence-electron chi connectivity index (χ3n) is 5.93. The number of nitrogens with zero attached hydrogens (tertiary/aromatic N) is 1. The van der Waals surface area contributed by atoms with Crippen LogP contribution in [0.15, 0.2) is 24.3 Å². The first-order valence-corrected chi connectivity index (χ1v) is 8.46. The topological polar surface area (TPSA) is 29.3 Å². The van der Waals surface area contributed by atoms with Gasteiger partial charge in [-0.3, -0.25) is 4.90 Å². The Morgan fingerprint density at radius 1 is 1.10 bits per heavy atom. The Balaban J connectivity index is 1.72. The summed E-state index contributed by atoms with van der Waals surface area (Å²) in [7, 11) is 0. The minimum absolute atomic E-state index is 0.187. The molecule has 1 aliphatic carbocycles. The number of hydrogen-bond donors (Lipinski definition) is 1. The lowest BCUT2D eigenvalue weighted by molar-refractivity contribution is 0.0346. The second-order valence-corrected chi connectivity index (χ2v) is 8.18. The SMILES string of the molecule is CC(C)(C)C1CCN(C2(CN)Cc3ccccc3C2)CC1. The van der Waals surface area contributed by atoms with Crippen LogP contribution >= 0.6 is 0 Å². The number of benzene rings is 1. The van der Waals surface area contributed by atoms with Crippen molar-refractivity contribution in [3.8, 4) is 0 Å². The quantitative estimate of drug-likeness (QED) is 0.904. The van der Waals surface area contributed by atoms with Gasteiger partial charge in [-0.05, 0) is 61.2 Å². The molecule has 1 saturated heterocycles. The van der Waals surface area contributed by atoms with E-state index in [1.165, 1.54) is 37.1 Å². The van der Waals surface area contributed by atoms with Gasteiger partial charge in [0, 0.05) is 12.1 Å². The zero-order valence-electron chi connectivity index (χ0n) is 13.9. The summed E-state index contributed by atoms with van der Waals surface area (Å²) in [5, 5.41) is 0. The summed E-state index contributed by atoms with van der Waals surface area (Å²) in [4.78, 5) is 2.70. The van der Waals surface area contributed by atoms with Crippen molar-refractivity contribution in [2.24, 2.45) is 17.1 Å². The van der Waals surface area contributed by atoms with E-state index in [2.05, 4.69) is 49.9 Å². The summed E-state index contributed by atoms with van der Waals surface area (Å²) < 4.78 is 0. The van der Waals surface area contributed by atoms with Gasteiger partial charge in [0.1, 0.15) is 0 Å². The lowest BCUT2D eigenvalue weighted by Crippen LogP contribution is -2.57. The van der Waals surface area contributed by atoms with Gasteiger partial charge in [0.15, 0.2) is 0 Å². The lowest BCUT2D eigenvalue weighted by atomic mass is 9.74. The van der Waals surface area contributed by atoms with Crippen LogP contribution in [0.25, 0.3) is 0 Å². The Morgan fingerprint density at radius 2 is 1.62 bits per heavy atom. The third kappa shape index (κ3) is 2.76. The second-order valence-electron chi connectivity index (χ2n) is 8.18. The summed E-state index contributed by atoms with van der Waals surface area (Å²) in [6.45, 7) is 10.4. The number of likely N-dealkylation sites (tertiary alicyclic amines) is 1. The zero-order valence-corrected chi connectivity index (χ0v) is 13.9. The molecule has 1 aromatic rings. The smallest absolute Gasteiger partial charge is 0.0412 e. The second kappa shape index (κ2) is 5.40. The van der Waals surface area contributed by atoms with Gasteiger partial charge in [-0.2, -0.15) is 0 Å². The molecule has 21 heavy (non-hydrogen) atoms. The maximum atomic E-state index is 6.26. The fraction of sp³-hybridized carbons (Fsp3) is 0.684. The van der Waals surface area contributed by atoms with Crippen molar-refractivity contribution >= 4 is 0 Å². The molecule has 116 valence electrons. The van der Waals surface area contributed by atoms with Gasteiger partial charge < -0.3 is 5.73 Å². The molecule has 0 spiro atoms. The van der Waals surface area contributed by atoms with E-state index < -0.39 is 0 Å². The summed E-state index contributed by atoms with van der Waals surface area (Å²) in [6, 6.07) is 8.90. The molecule has 2 heteroatoms. The lowest BCUT2D eigenvalue weighted by Gasteiger charge is -2.47. The van der Waals surface area contributed by atoms with Gasteiger partial charge in [0.05, 0.1) is 0 Å². The van der Waals surface area contributed by atoms with Crippen LogP contribution in [0.3, 0.4) is 0 Å². The highest BCUT2D eigenvalue weighted by molar-refractivity contribution is 5.36. The fourth-order valence-electron chi connectivity index (χ4n) is 4.39. The van der Waals surface area contributed by atoms with Crippen LogP contribution in [-0.2, 0) is 12.8 Å². The van der Waals surface area contributed by atoms with Crippen molar-refractivity contribution in [2.75, 3.05) is 19.6 Å². The van der Waals surface area contributed by atoms with E-state index >= 15 is 0 Å². The van der Waals surface area contributed by atoms with Gasteiger partial charge in [0.2, 0.25) is 0 Å². The van der Waals surface area contributed by atoms with Crippen molar-refractivity contribution in [3.05, 3.63) is 35.4 Å². The van der Waals surface area contributed by atoms with Crippen molar-refractivity contribution in [3.63, 3.8) is 0 Å². The van der Waals surface area contributed by atoms with Crippen molar-refractivity contribution in [1.29, 1.82) is 0 Å². The predicted octanol–water partition coefficient (Wildman–Crippen LogP) is 3.24. The molecule has 1 aromatic carbocycles. The monoisotopic (exact) mass is 286 g/mol. The van der Waals surface area contributed by atoms with Crippen LogP contribution in [0.1, 0.15) is 44.7 Å². The summed E-state index contributed by atoms with van der Waals surface area (Å²) in [6.07, 6.45) is 4.92. The van der Waals surface area contributed by atoms with Crippen LogP contribution < -0.4 is 5.73 Å². The molecule has 3 rings (SSSR count). The molecular weight excluding hydrogens is 256 g/mol. The highest BCUT2D eigenvalue weighted by Gasteiger charge is 2.43. The Bertz CT molecular complexity index is 468. The normalized spacial score (nSPS) is 23.2. The average molecular weight is 286 g/mol. The van der Waals surface area contributed by atoms with Crippen molar-refractivity contribution in [2.45, 2.75) is 52.0 Å². The first-order valence-electron chi connectivity index (χ1n) is 8.46. The number of hydrogen-bond acceptors (Lipinski definition) is 2. The Hall–Kier alpha value is -0.860. The molecule has 0 saturated carbocycles. The van der Waals surface area contributed by atoms with E-state index in [0.29, 0.717) is 5.41 Å². The van der Waals surface area contributed by atoms with Crippen LogP contribution in [-0.4, -0.2) is 30.1 Å². The van der Waals surface area contributed by atoms with Gasteiger partial charge in [0.25, 0.3) is 0 Å². The number of piperidine rings is 1. The molecule has 0 bridgehead atoms. The molecular formula is C19H30N2. The summed E-state index contributed by atoms with van der Waals surface area (Å²) in [5.74, 6) is 0.854. The zero-order chi connectivity index (χ0) is 15.1. The first kappa shape index (κ1) is 15.1. The average Bonchev–Trinajstić information content (AvgIpc) is 2.86. The number of nitrogens with two attached hydrogens (primary N) is 1. The molecule has 0 unspecified atom stereocenters. The van der Waals surface area contributed by atoms with Crippen LogP contribution in [0, 0.1) is 11.3 Å². The van der Waals surface area contributed by atoms with Gasteiger partial charge in [-0.15, -0.1) is 0 Å². The van der Waals surface area contributed by atoms with Gasteiger partial charge in [-0.1, -0.05) is 45.0 Å². The van der Waals surface area contributed by atoms with E-state index in [0.717, 1.165) is 25.3 Å². The molecule has 2 N–H and O–H groups in total. The predicted molar refractivity (Wildman–Crippen MR) is 89.4 cm³/mol. The standard InChI is InChI=1S/C19H30N2/c1-18(2,3)17-8-10-21(11-9-17)19(14-20)12-15-6-4-5-7-16(15)13-19/h4-7,17H,8-14,20H2,1-3H3. The van der Waals surface area contributed by atoms with Crippen molar-refractivity contribution in [1.82, 2.24) is 4.90 Å². The summed E-state index contributed by atoms with van der Waals surface area (Å²) in [5.41, 5.74) is 9.92. The van der Waals surface area contributed by atoms with E-state index in [1.807, 2.05) is 0 Å². The molecule has 0 amide bonds. The van der Waals surface area contributed by atoms with Crippen LogP contribution in [0.5, 0.6) is 0 Å². The Morgan fingerprint density at radius 3 is 2.05 bits per heavy atom. The van der Waals surface area contributed by atoms with Crippen LogP contribution in [0.2, 0.25) is 0 Å². The largest absolute Gasteiger partial charge is 0.329 e. The molecule has 0 radical (unpaired) electrons. The van der Waals surface area contributed by atoms with Gasteiger partial charge >= 0.3 is 0 Å². The number of fused-ring (bicyclic) bond motifs is 1. The molecule has 2 aliphatic rings. The molecule has 2 nitrogen and oxygen atoms in total. The van der Waals surface area contributed by atoms with E-state index in [4.69, 9.17) is 5.73 Å². The maximum absolute atomic E-state index is 6.26. The molecule has 0 aromatic heterocycles. The highest BCUT2D eigenvalue weighted by Crippen LogP contribution is 2.40. The fourth-order valence-corrected chi connectivity index (χ4v) is 4.39. The van der Waals surface area contributed by atoms with Crippen LogP contribution in [0.4, 0.5) is 0 Å². The van der Waals surface area contributed by atoms with E-state index in [1.54, 1.807) is 0 Å². The highest BCUT2D eigenvalue weighted by atomic mass is 15.2. The van der Waals surface area contributed by atoms with E-state index in [-0.39, 0.29) is 5.54 Å². The van der Waals surface area contributed by atoms with Gasteiger partial charge in [-0.25, -0.2) is 0 Å². The maximum Gasteiger partial charge on any atom is 0.0412 e. The Kier molecular flexibility index (Phi) is 3.87. The minimum Gasteiger partial charge on any atom is -0.329 e. The third-order valence-corrected chi connectivity index (χ3v) is 5.93. The first-order chi connectivity index (χ1) is 9.94. The molecule has 1 heterocycles. The molecule has 1 aliphatic heterocycles. The molecule has 1 fully saturated rings. The Labute approximate surface area is 129 Å². The number of rotatable bonds is 2.